The summed E-state index contributed by atoms with van der Waals surface area (Å²) in [7, 11) is 0. The Morgan fingerprint density at radius 2 is 1.07 bits per heavy atom. The van der Waals surface area contributed by atoms with Crippen molar-refractivity contribution in [3.05, 3.63) is 167 Å². The normalized spacial score (nSPS) is 11.8. The van der Waals surface area contributed by atoms with Crippen LogP contribution in [0, 0.1) is 36.5 Å². The number of aromatic nitrogens is 2. The first-order valence-corrected chi connectivity index (χ1v) is 17.5. The van der Waals surface area contributed by atoms with Crippen molar-refractivity contribution in [3.8, 4) is 45.8 Å². The van der Waals surface area contributed by atoms with E-state index in [2.05, 4.69) is 72.2 Å². The summed E-state index contributed by atoms with van der Waals surface area (Å²) in [4.78, 5) is 0. The maximum Gasteiger partial charge on any atom is 0.416 e. The molecule has 2 aromatic heterocycles. The number of halogens is 3. The summed E-state index contributed by atoms with van der Waals surface area (Å²) >= 11 is 0. The number of fused-ring (bicyclic) bond motifs is 6. The molecule has 0 N–H and O–H groups in total. The molecule has 0 aliphatic heterocycles. The van der Waals surface area contributed by atoms with Crippen LogP contribution in [-0.2, 0) is 6.18 Å². The quantitative estimate of drug-likeness (QED) is 0.183. The van der Waals surface area contributed by atoms with E-state index in [1.807, 2.05) is 72.2 Å². The second kappa shape index (κ2) is 12.3. The molecule has 0 radical (unpaired) electrons. The van der Waals surface area contributed by atoms with Gasteiger partial charge < -0.3 is 9.13 Å². The minimum atomic E-state index is -4.50. The lowest BCUT2D eigenvalue weighted by atomic mass is 9.89. The van der Waals surface area contributed by atoms with Gasteiger partial charge >= 0.3 is 6.18 Å². The molecule has 54 heavy (non-hydrogen) atoms. The van der Waals surface area contributed by atoms with Crippen LogP contribution >= 0.6 is 0 Å². The van der Waals surface area contributed by atoms with E-state index in [-0.39, 0.29) is 0 Å². The minimum absolute atomic E-state index is 0.439. The van der Waals surface area contributed by atoms with Gasteiger partial charge in [0.1, 0.15) is 0 Å². The van der Waals surface area contributed by atoms with E-state index in [0.717, 1.165) is 72.5 Å². The summed E-state index contributed by atoms with van der Waals surface area (Å²) in [6.07, 6.45) is -4.50. The molecule has 7 aromatic carbocycles. The van der Waals surface area contributed by atoms with E-state index in [1.54, 1.807) is 12.1 Å². The Morgan fingerprint density at radius 1 is 0.481 bits per heavy atom. The van der Waals surface area contributed by atoms with E-state index < -0.39 is 11.7 Å². The third kappa shape index (κ3) is 5.13. The Balaban J connectivity index is 1.40. The van der Waals surface area contributed by atoms with Crippen molar-refractivity contribution in [2.45, 2.75) is 20.0 Å². The van der Waals surface area contributed by atoms with Crippen molar-refractivity contribution in [3.63, 3.8) is 0 Å². The lowest BCUT2D eigenvalue weighted by molar-refractivity contribution is -0.137. The van der Waals surface area contributed by atoms with E-state index in [9.17, 15) is 23.7 Å². The van der Waals surface area contributed by atoms with Crippen LogP contribution in [0.5, 0.6) is 0 Å². The number of hydrogen-bond acceptors (Lipinski definition) is 2. The van der Waals surface area contributed by atoms with Crippen LogP contribution in [0.3, 0.4) is 0 Å². The van der Waals surface area contributed by atoms with Crippen LogP contribution in [0.1, 0.15) is 27.8 Å². The van der Waals surface area contributed by atoms with E-state index in [1.165, 1.54) is 12.1 Å². The van der Waals surface area contributed by atoms with E-state index in [0.29, 0.717) is 33.1 Å². The largest absolute Gasteiger partial charge is 0.416 e. The number of nitriles is 2. The molecule has 0 fully saturated rings. The number of rotatable bonds is 4. The third-order valence-electron chi connectivity index (χ3n) is 10.4. The number of para-hydroxylation sites is 2. The fourth-order valence-corrected chi connectivity index (χ4v) is 7.95. The highest BCUT2D eigenvalue weighted by Crippen LogP contribution is 2.44. The molecule has 9 rings (SSSR count). The summed E-state index contributed by atoms with van der Waals surface area (Å²) in [5.41, 5.74) is 10.7. The molecule has 0 unspecified atom stereocenters. The molecule has 7 heteroatoms. The zero-order valence-electron chi connectivity index (χ0n) is 29.2. The number of alkyl halides is 3. The third-order valence-corrected chi connectivity index (χ3v) is 10.4. The van der Waals surface area contributed by atoms with Crippen LogP contribution in [0.2, 0.25) is 0 Å². The summed E-state index contributed by atoms with van der Waals surface area (Å²) in [6, 6.07) is 48.0. The molecule has 0 aliphatic carbocycles. The van der Waals surface area contributed by atoms with Crippen molar-refractivity contribution in [1.82, 2.24) is 9.13 Å². The standard InChI is InChI=1S/C47H29F3N4/c1-28-11-18-44-39(21-28)36-7-3-5-9-42(36)53(44)33-15-17-35(34-16-12-30(26-51)22-29(34)2)38(25-33)40-23-31(27-52)13-19-45(40)54-43-10-6-4-8-37(43)41-24-32(47(48,49)50)14-20-46(41)54/h3-25H,1-2H3. The molecule has 0 saturated carbocycles. The predicted octanol–water partition coefficient (Wildman–Crippen LogP) is 12.6. The molecule has 258 valence electrons. The molecule has 2 heterocycles. The molecular weight excluding hydrogens is 678 g/mol. The van der Waals surface area contributed by atoms with Gasteiger partial charge in [0, 0.05) is 32.8 Å². The number of benzene rings is 7. The molecule has 0 spiro atoms. The van der Waals surface area contributed by atoms with Crippen molar-refractivity contribution < 1.29 is 13.2 Å². The fourth-order valence-electron chi connectivity index (χ4n) is 7.95. The first-order valence-electron chi connectivity index (χ1n) is 17.5. The van der Waals surface area contributed by atoms with Gasteiger partial charge in [-0.25, -0.2) is 0 Å². The molecule has 0 amide bonds. The van der Waals surface area contributed by atoms with Crippen molar-refractivity contribution in [1.29, 1.82) is 10.5 Å². The van der Waals surface area contributed by atoms with Crippen LogP contribution in [0.4, 0.5) is 13.2 Å². The maximum atomic E-state index is 14.0. The maximum absolute atomic E-state index is 14.0. The number of nitrogens with zero attached hydrogens (tertiary/aromatic N) is 4. The molecule has 0 saturated heterocycles. The van der Waals surface area contributed by atoms with Crippen LogP contribution < -0.4 is 0 Å². The highest BCUT2D eigenvalue weighted by molar-refractivity contribution is 6.11. The summed E-state index contributed by atoms with van der Waals surface area (Å²) in [6.45, 7) is 4.06. The van der Waals surface area contributed by atoms with Gasteiger partial charge in [-0.1, -0.05) is 60.2 Å². The second-order valence-electron chi connectivity index (χ2n) is 13.7. The Bertz CT molecular complexity index is 3090. The Hall–Kier alpha value is -7.09. The van der Waals surface area contributed by atoms with E-state index in [4.69, 9.17) is 0 Å². The van der Waals surface area contributed by atoms with Gasteiger partial charge in [-0.3, -0.25) is 0 Å². The van der Waals surface area contributed by atoms with Crippen molar-refractivity contribution in [2.75, 3.05) is 0 Å². The van der Waals surface area contributed by atoms with Crippen molar-refractivity contribution >= 4 is 43.6 Å². The fraction of sp³-hybridized carbons (Fsp3) is 0.0638. The van der Waals surface area contributed by atoms with Gasteiger partial charge in [-0.05, 0) is 121 Å². The topological polar surface area (TPSA) is 57.4 Å². The summed E-state index contributed by atoms with van der Waals surface area (Å²) in [5, 5.41) is 23.3. The first kappa shape index (κ1) is 32.8. The number of hydrogen-bond donors (Lipinski definition) is 0. The van der Waals surface area contributed by atoms with Gasteiger partial charge in [0.05, 0.1) is 56.6 Å². The average Bonchev–Trinajstić information content (AvgIpc) is 3.69. The Labute approximate surface area is 308 Å². The van der Waals surface area contributed by atoms with Gasteiger partial charge in [0.15, 0.2) is 0 Å². The molecule has 9 aromatic rings. The Kier molecular flexibility index (Phi) is 7.44. The minimum Gasteiger partial charge on any atom is -0.309 e. The lowest BCUT2D eigenvalue weighted by Crippen LogP contribution is -2.04. The molecule has 0 aliphatic rings. The number of aryl methyl sites for hydroxylation is 2. The van der Waals surface area contributed by atoms with Crippen LogP contribution in [0.15, 0.2) is 140 Å². The molecular formula is C47H29F3N4. The zero-order valence-corrected chi connectivity index (χ0v) is 29.2. The monoisotopic (exact) mass is 706 g/mol. The predicted molar refractivity (Wildman–Crippen MR) is 210 cm³/mol. The van der Waals surface area contributed by atoms with Gasteiger partial charge in [0.2, 0.25) is 0 Å². The molecule has 0 atom stereocenters. The molecule has 0 bridgehead atoms. The lowest BCUT2D eigenvalue weighted by Gasteiger charge is -2.20. The first-order chi connectivity index (χ1) is 26.1. The SMILES string of the molecule is Cc1ccc2c(c1)c1ccccc1n2-c1ccc(-c2ccc(C#N)cc2C)c(-c2cc(C#N)ccc2-n2c3ccccc3c3cc(C(F)(F)F)ccc32)c1. The smallest absolute Gasteiger partial charge is 0.309 e. The Morgan fingerprint density at radius 3 is 1.78 bits per heavy atom. The second-order valence-corrected chi connectivity index (χ2v) is 13.7. The zero-order chi connectivity index (χ0) is 37.3. The highest BCUT2D eigenvalue weighted by Gasteiger charge is 2.31. The van der Waals surface area contributed by atoms with Gasteiger partial charge in [-0.2, -0.15) is 23.7 Å². The van der Waals surface area contributed by atoms with Gasteiger partial charge in [-0.15, -0.1) is 0 Å². The van der Waals surface area contributed by atoms with Gasteiger partial charge in [0.25, 0.3) is 0 Å². The average molecular weight is 707 g/mol. The van der Waals surface area contributed by atoms with E-state index >= 15 is 0 Å². The van der Waals surface area contributed by atoms with Crippen LogP contribution in [-0.4, -0.2) is 9.13 Å². The van der Waals surface area contributed by atoms with Crippen molar-refractivity contribution in [2.24, 2.45) is 0 Å². The summed E-state index contributed by atoms with van der Waals surface area (Å²) < 4.78 is 46.3. The van der Waals surface area contributed by atoms with Crippen LogP contribution in [0.25, 0.3) is 77.2 Å². The summed E-state index contributed by atoms with van der Waals surface area (Å²) in [5.74, 6) is 0. The highest BCUT2D eigenvalue weighted by atomic mass is 19.4. The molecule has 4 nitrogen and oxygen atoms in total.